The van der Waals surface area contributed by atoms with E-state index in [2.05, 4.69) is 0 Å². The van der Waals surface area contributed by atoms with Gasteiger partial charge in [-0.15, -0.1) is 0 Å². The molecule has 0 saturated carbocycles. The monoisotopic (exact) mass is 665 g/mol. The number of carbonyl (C=O) groups excluding carboxylic acids is 3. The Morgan fingerprint density at radius 2 is 0.725 bits per heavy atom. The normalized spacial score (nSPS) is 13.6. The zero-order valence-corrected chi connectivity index (χ0v) is 23.1. The Bertz CT molecular complexity index is 1010. The Balaban J connectivity index is 0.0000152. The average Bonchev–Trinajstić information content (AvgIpc) is 2.78. The fourth-order valence-corrected chi connectivity index (χ4v) is 2.99. The molecular weight excluding hydrogens is 644 g/mol. The molecule has 1 radical (unpaired) electrons. The quantitative estimate of drug-likeness (QED) is 0.139. The molecule has 0 saturated heterocycles. The molecule has 1 aromatic carbocycles. The summed E-state index contributed by atoms with van der Waals surface area (Å²) in [6.07, 6.45) is -17.8. The zero-order valence-electron chi connectivity index (χ0n) is 20.3. The van der Waals surface area contributed by atoms with Crippen molar-refractivity contribution in [2.45, 2.75) is 57.1 Å². The van der Waals surface area contributed by atoms with Crippen molar-refractivity contribution < 1.29 is 102 Å². The average molecular weight is 665 g/mol. The summed E-state index contributed by atoms with van der Waals surface area (Å²) >= 11 is 0. The van der Waals surface area contributed by atoms with Crippen molar-refractivity contribution in [2.24, 2.45) is 0 Å². The van der Waals surface area contributed by atoms with Gasteiger partial charge in [0.15, 0.2) is 17.3 Å². The van der Waals surface area contributed by atoms with Gasteiger partial charge >= 0.3 is 18.5 Å². The predicted octanol–water partition coefficient (Wildman–Crippen LogP) is 6.20. The zero-order chi connectivity index (χ0) is 30.2. The van der Waals surface area contributed by atoms with Gasteiger partial charge in [-0.2, -0.15) is 39.5 Å². The second kappa shape index (κ2) is 15.4. The molecule has 1 aromatic rings. The van der Waals surface area contributed by atoms with E-state index in [4.69, 9.17) is 15.3 Å². The third-order valence-electron chi connectivity index (χ3n) is 4.86. The first-order valence-electron chi connectivity index (χ1n) is 10.8. The number of aryl methyl sites for hydroxylation is 3. The molecule has 0 aliphatic heterocycles. The molecular formula is C24H21F9O6Y. The van der Waals surface area contributed by atoms with E-state index >= 15 is 0 Å². The van der Waals surface area contributed by atoms with Crippen LogP contribution in [-0.4, -0.2) is 51.2 Å². The largest absolute Gasteiger partial charge is 0.504 e. The summed E-state index contributed by atoms with van der Waals surface area (Å²) in [6.45, 7) is 0. The second-order valence-corrected chi connectivity index (χ2v) is 8.14. The number of ketones is 3. The van der Waals surface area contributed by atoms with Crippen molar-refractivity contribution >= 4 is 17.3 Å². The van der Waals surface area contributed by atoms with Crippen LogP contribution in [0, 0.1) is 0 Å². The van der Waals surface area contributed by atoms with Gasteiger partial charge in [0.05, 0.1) is 0 Å². The van der Waals surface area contributed by atoms with E-state index in [1.54, 1.807) is 0 Å². The summed E-state index contributed by atoms with van der Waals surface area (Å²) in [5.41, 5.74) is 0.786. The molecule has 1 rings (SSSR count). The Morgan fingerprint density at radius 1 is 0.525 bits per heavy atom. The van der Waals surface area contributed by atoms with Crippen molar-refractivity contribution in [3.8, 4) is 0 Å². The van der Waals surface area contributed by atoms with Crippen LogP contribution in [0.5, 0.6) is 0 Å². The molecule has 0 atom stereocenters. The number of carbonyl (C=O) groups is 3. The Labute approximate surface area is 246 Å². The van der Waals surface area contributed by atoms with Gasteiger partial charge in [-0.05, 0) is 36.0 Å². The van der Waals surface area contributed by atoms with Crippen LogP contribution in [0.3, 0.4) is 0 Å². The van der Waals surface area contributed by atoms with Crippen LogP contribution in [0.15, 0.2) is 53.7 Å². The molecule has 40 heavy (non-hydrogen) atoms. The molecule has 0 amide bonds. The first-order chi connectivity index (χ1) is 17.7. The van der Waals surface area contributed by atoms with E-state index in [1.807, 2.05) is 0 Å². The summed E-state index contributed by atoms with van der Waals surface area (Å²) in [7, 11) is 0. The molecule has 0 unspecified atom stereocenters. The van der Waals surface area contributed by atoms with Gasteiger partial charge in [0.1, 0.15) is 0 Å². The topological polar surface area (TPSA) is 112 Å². The molecule has 16 heteroatoms. The van der Waals surface area contributed by atoms with E-state index in [-0.39, 0.29) is 86.9 Å². The second-order valence-electron chi connectivity index (χ2n) is 8.14. The number of alkyl halides is 9. The fraction of sp³-hybridized carbons (Fsp3) is 0.375. The number of allylic oxidation sites excluding steroid dienone is 6. The van der Waals surface area contributed by atoms with Crippen LogP contribution >= 0.6 is 0 Å². The maximum Gasteiger partial charge on any atom is 0.448 e. The summed E-state index contributed by atoms with van der Waals surface area (Å²) < 4.78 is 111. The van der Waals surface area contributed by atoms with E-state index in [0.29, 0.717) is 0 Å². The molecule has 0 aliphatic carbocycles. The van der Waals surface area contributed by atoms with Gasteiger partial charge in [0, 0.05) is 70.2 Å². The van der Waals surface area contributed by atoms with E-state index in [9.17, 15) is 53.9 Å². The van der Waals surface area contributed by atoms with Crippen molar-refractivity contribution in [1.29, 1.82) is 0 Å². The molecule has 6 nitrogen and oxygen atoms in total. The van der Waals surface area contributed by atoms with Crippen molar-refractivity contribution in [1.82, 2.24) is 0 Å². The third-order valence-corrected chi connectivity index (χ3v) is 4.86. The Hall–Kier alpha value is -2.68. The fourth-order valence-electron chi connectivity index (χ4n) is 2.99. The maximum absolute atomic E-state index is 12.4. The minimum atomic E-state index is -5.15. The van der Waals surface area contributed by atoms with Crippen molar-refractivity contribution in [2.75, 3.05) is 0 Å². The van der Waals surface area contributed by atoms with Gasteiger partial charge in [0.2, 0.25) is 17.3 Å². The third kappa shape index (κ3) is 14.1. The SMILES string of the molecule is O=C(/C=C(/O)C(F)(F)F)CCc1cc(CCC(=O)/C=C(/O)C(F)(F)F)cc(CCC(=O)/C=C(/O)C(F)(F)F)c1.[Y]. The van der Waals surface area contributed by atoms with Crippen molar-refractivity contribution in [3.63, 3.8) is 0 Å². The van der Waals surface area contributed by atoms with Crippen LogP contribution in [0.2, 0.25) is 0 Å². The van der Waals surface area contributed by atoms with Gasteiger partial charge in [0.25, 0.3) is 0 Å². The van der Waals surface area contributed by atoms with E-state index in [0.717, 1.165) is 0 Å². The number of aliphatic hydroxyl groups is 3. The van der Waals surface area contributed by atoms with E-state index in [1.165, 1.54) is 18.2 Å². The number of halogens is 9. The van der Waals surface area contributed by atoms with Gasteiger partial charge in [-0.3, -0.25) is 14.4 Å². The first-order valence-corrected chi connectivity index (χ1v) is 10.8. The van der Waals surface area contributed by atoms with Gasteiger partial charge in [-0.25, -0.2) is 0 Å². The molecule has 0 fully saturated rings. The summed E-state index contributed by atoms with van der Waals surface area (Å²) in [4.78, 5) is 35.3. The van der Waals surface area contributed by atoms with E-state index < -0.39 is 72.4 Å². The molecule has 219 valence electrons. The maximum atomic E-state index is 12.4. The smallest absolute Gasteiger partial charge is 0.448 e. The number of hydrogen-bond acceptors (Lipinski definition) is 6. The number of rotatable bonds is 12. The summed E-state index contributed by atoms with van der Waals surface area (Å²) in [5, 5.41) is 26.6. The van der Waals surface area contributed by atoms with Crippen LogP contribution in [0.1, 0.15) is 36.0 Å². The molecule has 0 spiro atoms. The first kappa shape index (κ1) is 37.3. The summed E-state index contributed by atoms with van der Waals surface area (Å²) in [5.74, 6) is -9.69. The Morgan fingerprint density at radius 3 is 0.900 bits per heavy atom. The minimum absolute atomic E-state index is 0. The number of benzene rings is 1. The molecule has 0 heterocycles. The number of aliphatic hydroxyl groups excluding tert-OH is 3. The van der Waals surface area contributed by atoms with Crippen LogP contribution in [0.4, 0.5) is 39.5 Å². The van der Waals surface area contributed by atoms with Gasteiger partial charge in [-0.1, -0.05) is 18.2 Å². The van der Waals surface area contributed by atoms with Gasteiger partial charge < -0.3 is 15.3 Å². The molecule has 3 N–H and O–H groups in total. The van der Waals surface area contributed by atoms with Crippen molar-refractivity contribution in [3.05, 3.63) is 70.4 Å². The summed E-state index contributed by atoms with van der Waals surface area (Å²) in [6, 6.07) is 4.09. The van der Waals surface area contributed by atoms with Crippen LogP contribution < -0.4 is 0 Å². The number of hydrogen-bond donors (Lipinski definition) is 3. The molecule has 0 aliphatic rings. The van der Waals surface area contributed by atoms with Crippen LogP contribution in [-0.2, 0) is 66.4 Å². The minimum Gasteiger partial charge on any atom is -0.504 e. The molecule has 0 bridgehead atoms. The molecule has 0 aromatic heterocycles. The standard InChI is InChI=1S/C24H21F9O6.Y/c25-22(26,27)19(37)10-16(34)4-1-13-7-14(2-5-17(35)11-20(38)23(28,29)30)9-15(8-13)3-6-18(36)12-21(39)24(31,32)33;/h7-12,37-39H,1-6H2;/b19-10+,20-11+,21-12+;. The Kier molecular flexibility index (Phi) is 14.3. The predicted molar refractivity (Wildman–Crippen MR) is 117 cm³/mol. The van der Waals surface area contributed by atoms with Crippen LogP contribution in [0.25, 0.3) is 0 Å².